The van der Waals surface area contributed by atoms with Crippen LogP contribution in [0.3, 0.4) is 0 Å². The van der Waals surface area contributed by atoms with Crippen LogP contribution in [-0.4, -0.2) is 11.1 Å². The Morgan fingerprint density at radius 2 is 1.88 bits per heavy atom. The minimum absolute atomic E-state index is 0.252. The Bertz CT molecular complexity index is 915. The number of aromatic nitrogens is 1. The second-order valence-corrected chi connectivity index (χ2v) is 6.11. The standard InChI is InChI=1S/C19H17ClN2O2/c1-11-6-4-9-16(12(11)2)21-19(23)17-13(3)24-22-18(17)14-7-5-8-15(20)10-14/h4-10H,1-3H3,(H,21,23). The van der Waals surface area contributed by atoms with Crippen molar-refractivity contribution in [3.63, 3.8) is 0 Å². The van der Waals surface area contributed by atoms with E-state index in [1.807, 2.05) is 44.2 Å². The van der Waals surface area contributed by atoms with Crippen LogP contribution >= 0.6 is 11.6 Å². The molecule has 1 amide bonds. The molecule has 3 aromatic rings. The summed E-state index contributed by atoms with van der Waals surface area (Å²) in [5.74, 6) is 0.213. The number of aryl methyl sites for hydroxylation is 2. The van der Waals surface area contributed by atoms with Crippen molar-refractivity contribution in [3.8, 4) is 11.3 Å². The van der Waals surface area contributed by atoms with E-state index in [2.05, 4.69) is 10.5 Å². The summed E-state index contributed by atoms with van der Waals surface area (Å²) in [5, 5.41) is 7.56. The van der Waals surface area contributed by atoms with E-state index in [1.54, 1.807) is 19.1 Å². The normalized spacial score (nSPS) is 10.7. The predicted octanol–water partition coefficient (Wildman–Crippen LogP) is 5.17. The number of amides is 1. The Morgan fingerprint density at radius 3 is 2.62 bits per heavy atom. The SMILES string of the molecule is Cc1cccc(NC(=O)c2c(-c3cccc(Cl)c3)noc2C)c1C. The summed E-state index contributed by atoms with van der Waals surface area (Å²) in [4.78, 5) is 12.8. The van der Waals surface area contributed by atoms with Crippen molar-refractivity contribution in [1.29, 1.82) is 0 Å². The molecule has 5 heteroatoms. The molecule has 0 saturated heterocycles. The molecule has 0 aliphatic heterocycles. The Balaban J connectivity index is 1.99. The van der Waals surface area contributed by atoms with Gasteiger partial charge in [0.25, 0.3) is 5.91 Å². The number of nitrogens with zero attached hydrogens (tertiary/aromatic N) is 1. The minimum Gasteiger partial charge on any atom is -0.360 e. The highest BCUT2D eigenvalue weighted by Crippen LogP contribution is 2.28. The molecule has 0 fully saturated rings. The van der Waals surface area contributed by atoms with Crippen LogP contribution in [0.25, 0.3) is 11.3 Å². The quantitative estimate of drug-likeness (QED) is 0.715. The van der Waals surface area contributed by atoms with E-state index in [0.29, 0.717) is 22.0 Å². The zero-order valence-electron chi connectivity index (χ0n) is 13.7. The van der Waals surface area contributed by atoms with Crippen LogP contribution in [0.2, 0.25) is 5.02 Å². The minimum atomic E-state index is -0.252. The summed E-state index contributed by atoms with van der Waals surface area (Å²) in [5.41, 5.74) is 4.56. The number of rotatable bonds is 3. The van der Waals surface area contributed by atoms with E-state index in [9.17, 15) is 4.79 Å². The zero-order valence-corrected chi connectivity index (χ0v) is 14.4. The van der Waals surface area contributed by atoms with Crippen molar-refractivity contribution in [1.82, 2.24) is 5.16 Å². The lowest BCUT2D eigenvalue weighted by atomic mass is 10.0. The number of hydrogen-bond acceptors (Lipinski definition) is 3. The third-order valence-electron chi connectivity index (χ3n) is 4.04. The molecule has 2 aromatic carbocycles. The maximum absolute atomic E-state index is 12.8. The molecular weight excluding hydrogens is 324 g/mol. The van der Waals surface area contributed by atoms with Crippen molar-refractivity contribution in [3.05, 3.63) is 69.9 Å². The first-order valence-electron chi connectivity index (χ1n) is 7.57. The summed E-state index contributed by atoms with van der Waals surface area (Å²) in [6.07, 6.45) is 0. The lowest BCUT2D eigenvalue weighted by Gasteiger charge is -2.10. The lowest BCUT2D eigenvalue weighted by Crippen LogP contribution is -2.14. The molecule has 0 aliphatic carbocycles. The second-order valence-electron chi connectivity index (χ2n) is 5.67. The molecule has 24 heavy (non-hydrogen) atoms. The number of carbonyl (C=O) groups is 1. The fraction of sp³-hybridized carbons (Fsp3) is 0.158. The maximum Gasteiger partial charge on any atom is 0.261 e. The number of carbonyl (C=O) groups excluding carboxylic acids is 1. The van der Waals surface area contributed by atoms with Gasteiger partial charge in [0.05, 0.1) is 0 Å². The summed E-state index contributed by atoms with van der Waals surface area (Å²) < 4.78 is 5.25. The van der Waals surface area contributed by atoms with Gasteiger partial charge in [-0.1, -0.05) is 41.0 Å². The van der Waals surface area contributed by atoms with Gasteiger partial charge in [0.1, 0.15) is 17.0 Å². The van der Waals surface area contributed by atoms with Crippen LogP contribution in [0.5, 0.6) is 0 Å². The molecule has 0 atom stereocenters. The molecule has 1 aromatic heterocycles. The van der Waals surface area contributed by atoms with Crippen LogP contribution in [0.15, 0.2) is 47.0 Å². The zero-order chi connectivity index (χ0) is 17.3. The van der Waals surface area contributed by atoms with Gasteiger partial charge in [0.15, 0.2) is 0 Å². The lowest BCUT2D eigenvalue weighted by molar-refractivity contribution is 0.102. The van der Waals surface area contributed by atoms with Gasteiger partial charge < -0.3 is 9.84 Å². The first-order chi connectivity index (χ1) is 11.5. The Morgan fingerprint density at radius 1 is 1.12 bits per heavy atom. The third kappa shape index (κ3) is 3.05. The second kappa shape index (κ2) is 6.49. The number of benzene rings is 2. The topological polar surface area (TPSA) is 55.1 Å². The summed E-state index contributed by atoms with van der Waals surface area (Å²) in [6.45, 7) is 5.70. The molecule has 4 nitrogen and oxygen atoms in total. The highest BCUT2D eigenvalue weighted by atomic mass is 35.5. The fourth-order valence-corrected chi connectivity index (χ4v) is 2.73. The van der Waals surface area contributed by atoms with E-state index >= 15 is 0 Å². The molecular formula is C19H17ClN2O2. The summed E-state index contributed by atoms with van der Waals surface area (Å²) in [7, 11) is 0. The van der Waals surface area contributed by atoms with Crippen molar-refractivity contribution >= 4 is 23.2 Å². The predicted molar refractivity (Wildman–Crippen MR) is 95.6 cm³/mol. The van der Waals surface area contributed by atoms with E-state index in [-0.39, 0.29) is 5.91 Å². The van der Waals surface area contributed by atoms with E-state index in [4.69, 9.17) is 16.1 Å². The van der Waals surface area contributed by atoms with Crippen molar-refractivity contribution in [2.24, 2.45) is 0 Å². The van der Waals surface area contributed by atoms with E-state index < -0.39 is 0 Å². The first-order valence-corrected chi connectivity index (χ1v) is 7.95. The first kappa shape index (κ1) is 16.3. The van der Waals surface area contributed by atoms with Crippen LogP contribution in [0.1, 0.15) is 27.2 Å². The van der Waals surface area contributed by atoms with Gasteiger partial charge in [-0.3, -0.25) is 4.79 Å². The highest BCUT2D eigenvalue weighted by molar-refractivity contribution is 6.30. The largest absolute Gasteiger partial charge is 0.360 e. The highest BCUT2D eigenvalue weighted by Gasteiger charge is 2.22. The van der Waals surface area contributed by atoms with Crippen LogP contribution in [-0.2, 0) is 0 Å². The van der Waals surface area contributed by atoms with Gasteiger partial charge in [-0.2, -0.15) is 0 Å². The Kier molecular flexibility index (Phi) is 4.40. The molecule has 0 bridgehead atoms. The number of hydrogen-bond donors (Lipinski definition) is 1. The fourth-order valence-electron chi connectivity index (χ4n) is 2.54. The molecule has 1 N–H and O–H groups in total. The summed E-state index contributed by atoms with van der Waals surface area (Å²) in [6, 6.07) is 13.0. The van der Waals surface area contributed by atoms with Gasteiger partial charge in [-0.25, -0.2) is 0 Å². The molecule has 0 spiro atoms. The number of nitrogens with one attached hydrogen (secondary N) is 1. The van der Waals surface area contributed by atoms with Gasteiger partial charge in [-0.15, -0.1) is 0 Å². The van der Waals surface area contributed by atoms with Crippen molar-refractivity contribution in [2.75, 3.05) is 5.32 Å². The summed E-state index contributed by atoms with van der Waals surface area (Å²) >= 11 is 6.04. The monoisotopic (exact) mass is 340 g/mol. The van der Waals surface area contributed by atoms with E-state index in [0.717, 1.165) is 22.4 Å². The van der Waals surface area contributed by atoms with Gasteiger partial charge in [-0.05, 0) is 50.1 Å². The maximum atomic E-state index is 12.8. The number of halogens is 1. The molecule has 0 radical (unpaired) electrons. The molecule has 0 aliphatic rings. The number of anilines is 1. The van der Waals surface area contributed by atoms with Crippen molar-refractivity contribution < 1.29 is 9.32 Å². The molecule has 0 unspecified atom stereocenters. The molecule has 3 rings (SSSR count). The molecule has 122 valence electrons. The van der Waals surface area contributed by atoms with Gasteiger partial charge in [0.2, 0.25) is 0 Å². The van der Waals surface area contributed by atoms with E-state index in [1.165, 1.54) is 0 Å². The average molecular weight is 341 g/mol. The van der Waals surface area contributed by atoms with Gasteiger partial charge in [0, 0.05) is 16.3 Å². The third-order valence-corrected chi connectivity index (χ3v) is 4.28. The van der Waals surface area contributed by atoms with Gasteiger partial charge >= 0.3 is 0 Å². The molecule has 0 saturated carbocycles. The van der Waals surface area contributed by atoms with Crippen LogP contribution < -0.4 is 5.32 Å². The Labute approximate surface area is 145 Å². The van der Waals surface area contributed by atoms with Crippen molar-refractivity contribution in [2.45, 2.75) is 20.8 Å². The molecule has 1 heterocycles. The smallest absolute Gasteiger partial charge is 0.261 e. The Hall–Kier alpha value is -2.59. The van der Waals surface area contributed by atoms with Crippen LogP contribution in [0.4, 0.5) is 5.69 Å². The average Bonchev–Trinajstić information content (AvgIpc) is 2.93. The van der Waals surface area contributed by atoms with Crippen LogP contribution in [0, 0.1) is 20.8 Å².